The predicted octanol–water partition coefficient (Wildman–Crippen LogP) is 1.87. The fourth-order valence-electron chi connectivity index (χ4n) is 1.29. The number of nitrogens with two attached hydrogens (primary N) is 1. The van der Waals surface area contributed by atoms with Gasteiger partial charge in [-0.3, -0.25) is 4.98 Å². The van der Waals surface area contributed by atoms with Crippen LogP contribution in [0.2, 0.25) is 0 Å². The number of anilines is 1. The Morgan fingerprint density at radius 1 is 1.50 bits per heavy atom. The van der Waals surface area contributed by atoms with Crippen molar-refractivity contribution in [1.82, 2.24) is 4.98 Å². The maximum absolute atomic E-state index is 5.54. The minimum absolute atomic E-state index is 0.241. The Labute approximate surface area is 85.7 Å². The first-order valence-corrected chi connectivity index (χ1v) is 4.98. The van der Waals surface area contributed by atoms with E-state index in [2.05, 4.69) is 24.1 Å². The first kappa shape index (κ1) is 11.0. The summed E-state index contributed by atoms with van der Waals surface area (Å²) in [6, 6.07) is 3.95. The Hall–Kier alpha value is -1.09. The lowest BCUT2D eigenvalue weighted by Gasteiger charge is -2.24. The number of hydrogen-bond donors (Lipinski definition) is 2. The van der Waals surface area contributed by atoms with Crippen LogP contribution in [0.4, 0.5) is 5.69 Å². The van der Waals surface area contributed by atoms with E-state index >= 15 is 0 Å². The molecule has 3 N–H and O–H groups in total. The Balaban J connectivity index is 2.40. The molecule has 0 aromatic carbocycles. The highest BCUT2D eigenvalue weighted by Gasteiger charge is 2.15. The van der Waals surface area contributed by atoms with Gasteiger partial charge in [-0.25, -0.2) is 0 Å². The minimum Gasteiger partial charge on any atom is -0.383 e. The fraction of sp³-hybridized carbons (Fsp3) is 0.545. The van der Waals surface area contributed by atoms with Crippen molar-refractivity contribution in [3.8, 4) is 0 Å². The molecule has 3 nitrogen and oxygen atoms in total. The van der Waals surface area contributed by atoms with Gasteiger partial charge in [0.2, 0.25) is 0 Å². The van der Waals surface area contributed by atoms with Gasteiger partial charge in [0.05, 0.1) is 5.69 Å². The van der Waals surface area contributed by atoms with Crippen LogP contribution in [0.25, 0.3) is 0 Å². The zero-order valence-electron chi connectivity index (χ0n) is 8.96. The minimum atomic E-state index is 0.241. The fourth-order valence-corrected chi connectivity index (χ4v) is 1.29. The number of nitrogens with zero attached hydrogens (tertiary/aromatic N) is 1. The molecule has 1 rings (SSSR count). The highest BCUT2D eigenvalue weighted by Crippen LogP contribution is 2.19. The van der Waals surface area contributed by atoms with E-state index in [1.165, 1.54) is 0 Å². The van der Waals surface area contributed by atoms with Crippen LogP contribution < -0.4 is 11.1 Å². The van der Waals surface area contributed by atoms with E-state index in [0.717, 1.165) is 25.2 Å². The van der Waals surface area contributed by atoms with Gasteiger partial charge in [-0.15, -0.1) is 0 Å². The Kier molecular flexibility index (Phi) is 3.89. The maximum Gasteiger partial charge on any atom is 0.0526 e. The average molecular weight is 193 g/mol. The highest BCUT2D eigenvalue weighted by atomic mass is 14.9. The van der Waals surface area contributed by atoms with Gasteiger partial charge in [-0.05, 0) is 30.5 Å². The third-order valence-corrected chi connectivity index (χ3v) is 2.25. The molecule has 0 amide bonds. The largest absolute Gasteiger partial charge is 0.383 e. The molecule has 1 aromatic heterocycles. The molecule has 0 saturated carbocycles. The first-order chi connectivity index (χ1) is 6.64. The van der Waals surface area contributed by atoms with Crippen molar-refractivity contribution >= 4 is 5.69 Å². The molecule has 0 bridgehead atoms. The number of aromatic nitrogens is 1. The van der Waals surface area contributed by atoms with Crippen LogP contribution >= 0.6 is 0 Å². The van der Waals surface area contributed by atoms with Crippen molar-refractivity contribution in [1.29, 1.82) is 0 Å². The van der Waals surface area contributed by atoms with Crippen molar-refractivity contribution in [2.24, 2.45) is 11.1 Å². The van der Waals surface area contributed by atoms with Crippen LogP contribution in [0.15, 0.2) is 24.5 Å². The van der Waals surface area contributed by atoms with Crippen LogP contribution in [0, 0.1) is 5.41 Å². The van der Waals surface area contributed by atoms with Crippen molar-refractivity contribution in [2.75, 3.05) is 18.4 Å². The highest BCUT2D eigenvalue weighted by molar-refractivity contribution is 5.39. The molecule has 14 heavy (non-hydrogen) atoms. The molecule has 1 heterocycles. The molecule has 1 aromatic rings. The summed E-state index contributed by atoms with van der Waals surface area (Å²) in [5.74, 6) is 0. The lowest BCUT2D eigenvalue weighted by molar-refractivity contribution is 0.365. The molecule has 0 unspecified atom stereocenters. The second-order valence-electron chi connectivity index (χ2n) is 4.30. The van der Waals surface area contributed by atoms with Gasteiger partial charge >= 0.3 is 0 Å². The standard InChI is InChI=1S/C11H19N3/c1-11(2,5-6-12)9-14-10-4-3-7-13-8-10/h3-4,7-8,14H,5-6,9,12H2,1-2H3. The summed E-state index contributed by atoms with van der Waals surface area (Å²) in [7, 11) is 0. The molecule has 3 heteroatoms. The third-order valence-electron chi connectivity index (χ3n) is 2.25. The molecule has 0 aliphatic rings. The monoisotopic (exact) mass is 193 g/mol. The van der Waals surface area contributed by atoms with E-state index in [1.807, 2.05) is 18.3 Å². The van der Waals surface area contributed by atoms with Crippen LogP contribution in [0.3, 0.4) is 0 Å². The summed E-state index contributed by atoms with van der Waals surface area (Å²) in [6.45, 7) is 6.09. The number of nitrogens with one attached hydrogen (secondary N) is 1. The van der Waals surface area contributed by atoms with Gasteiger partial charge in [0, 0.05) is 18.9 Å². The van der Waals surface area contributed by atoms with Crippen LogP contribution in [-0.2, 0) is 0 Å². The third kappa shape index (κ3) is 3.75. The lowest BCUT2D eigenvalue weighted by Crippen LogP contribution is -2.26. The van der Waals surface area contributed by atoms with Crippen molar-refractivity contribution in [2.45, 2.75) is 20.3 Å². The summed E-state index contributed by atoms with van der Waals surface area (Å²) in [4.78, 5) is 4.04. The van der Waals surface area contributed by atoms with Gasteiger partial charge in [-0.1, -0.05) is 13.8 Å². The Morgan fingerprint density at radius 2 is 2.29 bits per heavy atom. The number of pyridine rings is 1. The maximum atomic E-state index is 5.54. The van der Waals surface area contributed by atoms with Crippen molar-refractivity contribution < 1.29 is 0 Å². The predicted molar refractivity (Wildman–Crippen MR) is 60.2 cm³/mol. The number of hydrogen-bond acceptors (Lipinski definition) is 3. The van der Waals surface area contributed by atoms with Gasteiger partial charge in [0.15, 0.2) is 0 Å². The molecule has 0 fully saturated rings. The molecule has 0 aliphatic carbocycles. The Morgan fingerprint density at radius 3 is 2.86 bits per heavy atom. The zero-order chi connectivity index (χ0) is 10.4. The summed E-state index contributed by atoms with van der Waals surface area (Å²) in [6.07, 6.45) is 4.63. The van der Waals surface area contributed by atoms with E-state index < -0.39 is 0 Å². The van der Waals surface area contributed by atoms with Crippen LogP contribution in [-0.4, -0.2) is 18.1 Å². The molecule has 0 radical (unpaired) electrons. The van der Waals surface area contributed by atoms with E-state index in [9.17, 15) is 0 Å². The molecule has 0 spiro atoms. The summed E-state index contributed by atoms with van der Waals surface area (Å²) in [5.41, 5.74) is 6.85. The second-order valence-corrected chi connectivity index (χ2v) is 4.30. The normalized spacial score (nSPS) is 11.4. The molecule has 0 saturated heterocycles. The average Bonchev–Trinajstić information content (AvgIpc) is 2.17. The Bertz CT molecular complexity index is 256. The molecule has 0 atom stereocenters. The summed E-state index contributed by atoms with van der Waals surface area (Å²) >= 11 is 0. The van der Waals surface area contributed by atoms with Gasteiger partial charge in [0.25, 0.3) is 0 Å². The van der Waals surface area contributed by atoms with Crippen molar-refractivity contribution in [3.63, 3.8) is 0 Å². The lowest BCUT2D eigenvalue weighted by atomic mass is 9.89. The van der Waals surface area contributed by atoms with Gasteiger partial charge in [0.1, 0.15) is 0 Å². The van der Waals surface area contributed by atoms with Gasteiger partial charge < -0.3 is 11.1 Å². The molecular weight excluding hydrogens is 174 g/mol. The quantitative estimate of drug-likeness (QED) is 0.750. The molecular formula is C11H19N3. The van der Waals surface area contributed by atoms with Crippen LogP contribution in [0.5, 0.6) is 0 Å². The SMILES string of the molecule is CC(C)(CCN)CNc1cccnc1. The summed E-state index contributed by atoms with van der Waals surface area (Å²) < 4.78 is 0. The number of rotatable bonds is 5. The van der Waals surface area contributed by atoms with E-state index in [-0.39, 0.29) is 5.41 Å². The first-order valence-electron chi connectivity index (χ1n) is 4.98. The molecule has 0 aliphatic heterocycles. The van der Waals surface area contributed by atoms with Crippen LogP contribution in [0.1, 0.15) is 20.3 Å². The van der Waals surface area contributed by atoms with E-state index in [1.54, 1.807) is 6.20 Å². The smallest absolute Gasteiger partial charge is 0.0526 e. The topological polar surface area (TPSA) is 50.9 Å². The van der Waals surface area contributed by atoms with E-state index in [4.69, 9.17) is 5.73 Å². The second kappa shape index (κ2) is 4.96. The zero-order valence-corrected chi connectivity index (χ0v) is 8.96. The van der Waals surface area contributed by atoms with Gasteiger partial charge in [-0.2, -0.15) is 0 Å². The summed E-state index contributed by atoms with van der Waals surface area (Å²) in [5, 5.41) is 3.35. The van der Waals surface area contributed by atoms with Crippen molar-refractivity contribution in [3.05, 3.63) is 24.5 Å². The molecule has 78 valence electrons. The van der Waals surface area contributed by atoms with E-state index in [0.29, 0.717) is 0 Å².